The Labute approximate surface area is 138 Å². The molecule has 0 amide bonds. The predicted octanol–water partition coefficient (Wildman–Crippen LogP) is 3.79. The van der Waals surface area contributed by atoms with E-state index in [4.69, 9.17) is 13.9 Å². The molecule has 2 aromatic heterocycles. The van der Waals surface area contributed by atoms with Crippen LogP contribution >= 0.6 is 0 Å². The Hall–Kier alpha value is -3.41. The van der Waals surface area contributed by atoms with Gasteiger partial charge in [-0.3, -0.25) is 4.98 Å². The highest BCUT2D eigenvalue weighted by Gasteiger charge is 2.04. The number of aryl methyl sites for hydroxylation is 1. The molecule has 24 heavy (non-hydrogen) atoms. The van der Waals surface area contributed by atoms with Gasteiger partial charge in [-0.25, -0.2) is 9.78 Å². The van der Waals surface area contributed by atoms with Gasteiger partial charge in [-0.15, -0.1) is 0 Å². The van der Waals surface area contributed by atoms with E-state index in [-0.39, 0.29) is 0 Å². The van der Waals surface area contributed by atoms with Crippen molar-refractivity contribution in [3.63, 3.8) is 0 Å². The number of rotatable bonds is 5. The molecule has 120 valence electrons. The molecule has 0 aliphatic heterocycles. The first-order valence-electron chi connectivity index (χ1n) is 7.19. The van der Waals surface area contributed by atoms with Crippen LogP contribution in [-0.2, 0) is 4.79 Å². The first-order valence-corrected chi connectivity index (χ1v) is 7.19. The topological polar surface area (TPSA) is 74.5 Å². The minimum Gasteiger partial charge on any atom is -0.462 e. The molecule has 3 aromatic rings. The molecular weight excluding hydrogens is 308 g/mol. The average Bonchev–Trinajstić information content (AvgIpc) is 3.00. The monoisotopic (exact) mass is 322 g/mol. The molecule has 0 bridgehead atoms. The molecule has 6 nitrogen and oxygen atoms in total. The van der Waals surface area contributed by atoms with Crippen LogP contribution in [0.15, 0.2) is 65.5 Å². The van der Waals surface area contributed by atoms with Crippen molar-refractivity contribution < 1.29 is 18.7 Å². The Morgan fingerprint density at radius 3 is 2.79 bits per heavy atom. The minimum absolute atomic E-state index is 0.356. The Kier molecular flexibility index (Phi) is 4.67. The summed E-state index contributed by atoms with van der Waals surface area (Å²) in [6.07, 6.45) is 7.43. The van der Waals surface area contributed by atoms with Crippen LogP contribution in [0.1, 0.15) is 11.5 Å². The van der Waals surface area contributed by atoms with Gasteiger partial charge in [-0.2, -0.15) is 0 Å². The Balaban J connectivity index is 1.63. The Morgan fingerprint density at radius 1 is 1.17 bits per heavy atom. The van der Waals surface area contributed by atoms with E-state index in [2.05, 4.69) is 9.97 Å². The van der Waals surface area contributed by atoms with E-state index in [1.165, 1.54) is 18.5 Å². The first kappa shape index (κ1) is 15.5. The second-order valence-corrected chi connectivity index (χ2v) is 4.82. The summed E-state index contributed by atoms with van der Waals surface area (Å²) in [6.45, 7) is 1.83. The highest BCUT2D eigenvalue weighted by atomic mass is 16.5. The minimum atomic E-state index is -0.513. The van der Waals surface area contributed by atoms with E-state index in [1.54, 1.807) is 42.6 Å². The van der Waals surface area contributed by atoms with E-state index in [0.29, 0.717) is 23.1 Å². The predicted molar refractivity (Wildman–Crippen MR) is 86.7 cm³/mol. The fraction of sp³-hybridized carbons (Fsp3) is 0.0556. The number of esters is 1. The molecule has 2 heterocycles. The maximum atomic E-state index is 11.8. The number of aromatic nitrogens is 2. The van der Waals surface area contributed by atoms with E-state index < -0.39 is 5.97 Å². The molecule has 0 aliphatic carbocycles. The number of carbonyl (C=O) groups excluding carboxylic acids is 1. The number of hydrogen-bond acceptors (Lipinski definition) is 6. The number of hydrogen-bond donors (Lipinski definition) is 0. The molecule has 3 rings (SSSR count). The SMILES string of the molecule is Cc1ccc(/C=C/C(=O)Oc2cccc(Oc3cnccn3)c2)o1. The number of carbonyl (C=O) groups is 1. The van der Waals surface area contributed by atoms with Crippen LogP contribution in [-0.4, -0.2) is 15.9 Å². The lowest BCUT2D eigenvalue weighted by Crippen LogP contribution is -2.03. The van der Waals surface area contributed by atoms with Crippen molar-refractivity contribution in [1.29, 1.82) is 0 Å². The standard InChI is InChI=1S/C18H14N2O4/c1-13-5-6-14(22-13)7-8-18(21)24-16-4-2-3-15(11-16)23-17-12-19-9-10-20-17/h2-12H,1H3/b8-7+. The number of ether oxygens (including phenoxy) is 2. The van der Waals surface area contributed by atoms with Crippen LogP contribution in [0, 0.1) is 6.92 Å². The van der Waals surface area contributed by atoms with Crippen molar-refractivity contribution >= 4 is 12.0 Å². The van der Waals surface area contributed by atoms with E-state index in [9.17, 15) is 4.79 Å². The fourth-order valence-corrected chi connectivity index (χ4v) is 1.90. The molecule has 0 unspecified atom stereocenters. The third-order valence-corrected chi connectivity index (χ3v) is 2.93. The van der Waals surface area contributed by atoms with Crippen LogP contribution in [0.25, 0.3) is 6.08 Å². The van der Waals surface area contributed by atoms with Gasteiger partial charge in [-0.05, 0) is 37.3 Å². The fourth-order valence-electron chi connectivity index (χ4n) is 1.90. The third-order valence-electron chi connectivity index (χ3n) is 2.93. The second kappa shape index (κ2) is 7.23. The number of benzene rings is 1. The van der Waals surface area contributed by atoms with E-state index in [1.807, 2.05) is 13.0 Å². The van der Waals surface area contributed by atoms with Gasteiger partial charge in [0.25, 0.3) is 0 Å². The summed E-state index contributed by atoms with van der Waals surface area (Å²) in [5.41, 5.74) is 0. The van der Waals surface area contributed by atoms with Gasteiger partial charge in [-0.1, -0.05) is 6.07 Å². The van der Waals surface area contributed by atoms with Gasteiger partial charge in [0.05, 0.1) is 6.20 Å². The molecule has 0 spiro atoms. The highest BCUT2D eigenvalue weighted by molar-refractivity contribution is 5.88. The summed E-state index contributed by atoms with van der Waals surface area (Å²) in [4.78, 5) is 19.8. The molecule has 0 saturated carbocycles. The second-order valence-electron chi connectivity index (χ2n) is 4.82. The normalized spacial score (nSPS) is 10.7. The maximum absolute atomic E-state index is 11.8. The lowest BCUT2D eigenvalue weighted by atomic mass is 10.3. The van der Waals surface area contributed by atoms with Gasteiger partial charge in [0, 0.05) is 24.5 Å². The first-order chi connectivity index (χ1) is 11.7. The smallest absolute Gasteiger partial charge is 0.336 e. The highest BCUT2D eigenvalue weighted by Crippen LogP contribution is 2.23. The Bertz CT molecular complexity index is 856. The van der Waals surface area contributed by atoms with E-state index in [0.717, 1.165) is 5.76 Å². The van der Waals surface area contributed by atoms with Crippen molar-refractivity contribution in [3.05, 3.63) is 72.6 Å². The van der Waals surface area contributed by atoms with Gasteiger partial charge in [0.15, 0.2) is 0 Å². The summed E-state index contributed by atoms with van der Waals surface area (Å²) >= 11 is 0. The van der Waals surface area contributed by atoms with E-state index >= 15 is 0 Å². The molecule has 0 saturated heterocycles. The van der Waals surface area contributed by atoms with Gasteiger partial charge in [0.1, 0.15) is 23.0 Å². The van der Waals surface area contributed by atoms with Crippen molar-refractivity contribution in [2.45, 2.75) is 6.92 Å². The molecule has 0 radical (unpaired) electrons. The zero-order chi connectivity index (χ0) is 16.8. The molecule has 0 aliphatic rings. The summed E-state index contributed by atoms with van der Waals surface area (Å²) in [7, 11) is 0. The van der Waals surface area contributed by atoms with Crippen LogP contribution in [0.5, 0.6) is 17.4 Å². The molecule has 6 heteroatoms. The lowest BCUT2D eigenvalue weighted by Gasteiger charge is -2.06. The molecule has 0 N–H and O–H groups in total. The maximum Gasteiger partial charge on any atom is 0.336 e. The van der Waals surface area contributed by atoms with Crippen molar-refractivity contribution in [1.82, 2.24) is 9.97 Å². The van der Waals surface area contributed by atoms with Crippen LogP contribution in [0.3, 0.4) is 0 Å². The molecule has 1 aromatic carbocycles. The number of nitrogens with zero attached hydrogens (tertiary/aromatic N) is 2. The van der Waals surface area contributed by atoms with Gasteiger partial charge in [0.2, 0.25) is 5.88 Å². The zero-order valence-electron chi connectivity index (χ0n) is 12.9. The zero-order valence-corrected chi connectivity index (χ0v) is 12.9. The largest absolute Gasteiger partial charge is 0.462 e. The quantitative estimate of drug-likeness (QED) is 0.404. The molecule has 0 fully saturated rings. The molecule has 0 atom stereocenters. The summed E-state index contributed by atoms with van der Waals surface area (Å²) in [5.74, 6) is 2.06. The van der Waals surface area contributed by atoms with Gasteiger partial charge >= 0.3 is 5.97 Å². The van der Waals surface area contributed by atoms with Crippen molar-refractivity contribution in [2.75, 3.05) is 0 Å². The lowest BCUT2D eigenvalue weighted by molar-refractivity contribution is -0.128. The summed E-state index contributed by atoms with van der Waals surface area (Å²) in [6, 6.07) is 10.3. The summed E-state index contributed by atoms with van der Waals surface area (Å²) < 4.78 is 16.1. The van der Waals surface area contributed by atoms with Crippen LogP contribution < -0.4 is 9.47 Å². The van der Waals surface area contributed by atoms with Crippen molar-refractivity contribution in [3.8, 4) is 17.4 Å². The average molecular weight is 322 g/mol. The van der Waals surface area contributed by atoms with Crippen LogP contribution in [0.4, 0.5) is 0 Å². The van der Waals surface area contributed by atoms with Crippen LogP contribution in [0.2, 0.25) is 0 Å². The number of furan rings is 1. The molecular formula is C18H14N2O4. The Morgan fingerprint density at radius 2 is 2.04 bits per heavy atom. The van der Waals surface area contributed by atoms with Gasteiger partial charge < -0.3 is 13.9 Å². The summed E-state index contributed by atoms with van der Waals surface area (Å²) in [5, 5.41) is 0. The third kappa shape index (κ3) is 4.30. The van der Waals surface area contributed by atoms with Crippen molar-refractivity contribution in [2.24, 2.45) is 0 Å².